The predicted octanol–water partition coefficient (Wildman–Crippen LogP) is 2.42. The second-order valence-corrected chi connectivity index (χ2v) is 12.9. The molecule has 2 aromatic rings. The van der Waals surface area contributed by atoms with Gasteiger partial charge in [-0.15, -0.1) is 0 Å². The minimum absolute atomic E-state index is 0.000738. The summed E-state index contributed by atoms with van der Waals surface area (Å²) in [6.45, 7) is 1.45. The van der Waals surface area contributed by atoms with Gasteiger partial charge in [-0.05, 0) is 50.2 Å². The van der Waals surface area contributed by atoms with Crippen LogP contribution < -0.4 is 19.9 Å². The summed E-state index contributed by atoms with van der Waals surface area (Å²) in [5.74, 6) is -3.35. The number of aliphatic hydroxyl groups is 1. The number of aliphatic hydroxyl groups excluding tert-OH is 1. The Morgan fingerprint density at radius 2 is 1.85 bits per heavy atom. The molecule has 3 saturated heterocycles. The van der Waals surface area contributed by atoms with Crippen LogP contribution in [0.3, 0.4) is 0 Å². The van der Waals surface area contributed by atoms with E-state index in [0.717, 1.165) is 0 Å². The number of benzene rings is 1. The maximum atomic E-state index is 15.4. The van der Waals surface area contributed by atoms with Crippen LogP contribution in [0, 0.1) is 5.92 Å². The van der Waals surface area contributed by atoms with Gasteiger partial charge in [0, 0.05) is 43.7 Å². The molecule has 0 saturated carbocycles. The molecule has 4 aliphatic rings. The summed E-state index contributed by atoms with van der Waals surface area (Å²) in [5, 5.41) is 12.5. The van der Waals surface area contributed by atoms with Crippen molar-refractivity contribution in [3.8, 4) is 5.75 Å². The number of pyridine rings is 1. The number of aromatic nitrogens is 1. The highest BCUT2D eigenvalue weighted by Crippen LogP contribution is 2.43. The molecule has 5 heterocycles. The molecule has 0 aliphatic carbocycles. The maximum Gasteiger partial charge on any atom is 0.415 e. The van der Waals surface area contributed by atoms with Crippen molar-refractivity contribution in [3.05, 3.63) is 41.0 Å². The van der Waals surface area contributed by atoms with Crippen LogP contribution in [0.25, 0.3) is 0 Å². The molecule has 41 heavy (non-hydrogen) atoms. The number of hydrogen-bond acceptors (Lipinski definition) is 9. The molecule has 0 spiro atoms. The molecule has 0 unspecified atom stereocenters. The number of rotatable bonds is 6. The van der Waals surface area contributed by atoms with Crippen LogP contribution in [-0.4, -0.2) is 93.5 Å². The van der Waals surface area contributed by atoms with Crippen molar-refractivity contribution in [2.24, 2.45) is 5.92 Å². The summed E-state index contributed by atoms with van der Waals surface area (Å²) in [7, 11) is -3.93. The minimum Gasteiger partial charge on any atom is -0.489 e. The molecular formula is C26H30ClF2N5O6S. The van der Waals surface area contributed by atoms with Gasteiger partial charge in [0.1, 0.15) is 29.4 Å². The molecule has 0 radical (unpaired) electrons. The van der Waals surface area contributed by atoms with Gasteiger partial charge in [-0.3, -0.25) is 4.90 Å². The van der Waals surface area contributed by atoms with Crippen molar-refractivity contribution in [2.45, 2.75) is 35.8 Å². The van der Waals surface area contributed by atoms with Crippen molar-refractivity contribution >= 4 is 39.2 Å². The van der Waals surface area contributed by atoms with E-state index in [2.05, 4.69) is 10.3 Å². The molecule has 6 rings (SSSR count). The standard InChI is InChI=1S/C26H30ClF2N5O6S/c27-23-11-17(26(28,29)16-3-5-30-6-4-16)12-24(31-23)32-7-9-33(10-8-32)41(37,38)18-1-2-19-21(13-18)39-15-20-22(14-35)40-25(36)34(19)20/h1-2,11-13,16,20,22,30,35H,3-10,14-15H2/t20-,22+/m1/s1. The number of nitrogens with one attached hydrogen (secondary N) is 1. The van der Waals surface area contributed by atoms with Crippen molar-refractivity contribution < 1.29 is 36.6 Å². The van der Waals surface area contributed by atoms with E-state index in [1.807, 2.05) is 0 Å². The van der Waals surface area contributed by atoms with Gasteiger partial charge in [0.2, 0.25) is 10.0 Å². The van der Waals surface area contributed by atoms with Crippen LogP contribution in [0.1, 0.15) is 18.4 Å². The lowest BCUT2D eigenvalue weighted by molar-refractivity contribution is -0.0753. The van der Waals surface area contributed by atoms with Crippen LogP contribution in [0.2, 0.25) is 5.15 Å². The van der Waals surface area contributed by atoms with Gasteiger partial charge in [-0.2, -0.15) is 4.31 Å². The molecule has 4 aliphatic heterocycles. The number of anilines is 2. The number of sulfonamides is 1. The Morgan fingerprint density at radius 1 is 1.12 bits per heavy atom. The van der Waals surface area contributed by atoms with Gasteiger partial charge in [0.15, 0.2) is 6.10 Å². The first-order valence-electron chi connectivity index (χ1n) is 13.5. The molecule has 11 nitrogen and oxygen atoms in total. The average molecular weight is 614 g/mol. The van der Waals surface area contributed by atoms with Gasteiger partial charge in [-0.25, -0.2) is 27.0 Å². The Hall–Kier alpha value is -2.78. The smallest absolute Gasteiger partial charge is 0.415 e. The highest BCUT2D eigenvalue weighted by Gasteiger charge is 2.47. The number of cyclic esters (lactones) is 1. The number of piperidine rings is 1. The second kappa shape index (κ2) is 10.8. The zero-order valence-corrected chi connectivity index (χ0v) is 23.6. The SMILES string of the molecule is O=C1O[C@@H](CO)[C@H]2COc3cc(S(=O)(=O)N4CCN(c5cc(C(F)(F)C6CCNCC6)cc(Cl)n5)CC4)ccc3N12. The largest absolute Gasteiger partial charge is 0.489 e. The summed E-state index contributed by atoms with van der Waals surface area (Å²) < 4.78 is 69.9. The first kappa shape index (κ1) is 28.3. The van der Waals surface area contributed by atoms with Crippen LogP contribution >= 0.6 is 11.6 Å². The Bertz CT molecular complexity index is 1440. The van der Waals surface area contributed by atoms with E-state index in [1.54, 1.807) is 4.90 Å². The van der Waals surface area contributed by atoms with Crippen LogP contribution in [0.4, 0.5) is 25.1 Å². The quantitative estimate of drug-likeness (QED) is 0.473. The molecule has 222 valence electrons. The van der Waals surface area contributed by atoms with E-state index in [1.165, 1.54) is 39.5 Å². The van der Waals surface area contributed by atoms with E-state index in [-0.39, 0.29) is 66.6 Å². The van der Waals surface area contributed by atoms with Gasteiger partial charge in [0.25, 0.3) is 5.92 Å². The van der Waals surface area contributed by atoms with Gasteiger partial charge in [-0.1, -0.05) is 11.6 Å². The summed E-state index contributed by atoms with van der Waals surface area (Å²) >= 11 is 6.17. The monoisotopic (exact) mass is 613 g/mol. The number of carbonyl (C=O) groups is 1. The number of ether oxygens (including phenoxy) is 2. The second-order valence-electron chi connectivity index (χ2n) is 10.6. The molecule has 1 amide bonds. The third-order valence-electron chi connectivity index (χ3n) is 8.21. The molecule has 2 N–H and O–H groups in total. The molecule has 3 fully saturated rings. The number of alkyl halides is 2. The minimum atomic E-state index is -3.93. The van der Waals surface area contributed by atoms with Crippen LogP contribution in [0.15, 0.2) is 35.2 Å². The lowest BCUT2D eigenvalue weighted by atomic mass is 9.87. The zero-order chi connectivity index (χ0) is 28.9. The van der Waals surface area contributed by atoms with Crippen molar-refractivity contribution in [3.63, 3.8) is 0 Å². The fourth-order valence-corrected chi connectivity index (χ4v) is 7.54. The number of carbonyl (C=O) groups excluding carboxylic acids is 1. The normalized spacial score (nSPS) is 24.0. The number of nitrogens with zero attached hydrogens (tertiary/aromatic N) is 4. The molecule has 2 atom stereocenters. The Kier molecular flexibility index (Phi) is 7.47. The van der Waals surface area contributed by atoms with Gasteiger partial charge < -0.3 is 24.8 Å². The fourth-order valence-electron chi connectivity index (χ4n) is 5.89. The number of fused-ring (bicyclic) bond motifs is 3. The fraction of sp³-hybridized carbons (Fsp3) is 0.538. The maximum absolute atomic E-state index is 15.4. The molecule has 1 aromatic carbocycles. The summed E-state index contributed by atoms with van der Waals surface area (Å²) in [4.78, 5) is 19.7. The lowest BCUT2D eigenvalue weighted by Gasteiger charge is -2.36. The molecule has 0 bridgehead atoms. The third kappa shape index (κ3) is 5.09. The number of halogens is 3. The van der Waals surface area contributed by atoms with Crippen LogP contribution in [-0.2, 0) is 20.7 Å². The Balaban J connectivity index is 1.16. The van der Waals surface area contributed by atoms with Crippen molar-refractivity contribution in [2.75, 3.05) is 62.3 Å². The van der Waals surface area contributed by atoms with Gasteiger partial charge >= 0.3 is 6.09 Å². The van der Waals surface area contributed by atoms with E-state index < -0.39 is 40.1 Å². The predicted molar refractivity (Wildman–Crippen MR) is 145 cm³/mol. The first-order valence-corrected chi connectivity index (χ1v) is 15.3. The van der Waals surface area contributed by atoms with E-state index in [0.29, 0.717) is 31.6 Å². The summed E-state index contributed by atoms with van der Waals surface area (Å²) in [5.41, 5.74) is 0.188. The third-order valence-corrected chi connectivity index (χ3v) is 10.3. The topological polar surface area (TPSA) is 125 Å². The van der Waals surface area contributed by atoms with Crippen molar-refractivity contribution in [1.29, 1.82) is 0 Å². The first-order chi connectivity index (χ1) is 19.6. The molecular weight excluding hydrogens is 584 g/mol. The Labute approximate surface area is 241 Å². The lowest BCUT2D eigenvalue weighted by Crippen LogP contribution is -2.49. The van der Waals surface area contributed by atoms with Crippen molar-refractivity contribution in [1.82, 2.24) is 14.6 Å². The van der Waals surface area contributed by atoms with E-state index in [4.69, 9.17) is 21.1 Å². The summed E-state index contributed by atoms with van der Waals surface area (Å²) in [6.07, 6.45) is -0.635. The average Bonchev–Trinajstić information content (AvgIpc) is 3.32. The molecule has 15 heteroatoms. The van der Waals surface area contributed by atoms with E-state index in [9.17, 15) is 18.3 Å². The highest BCUT2D eigenvalue weighted by atomic mass is 35.5. The Morgan fingerprint density at radius 3 is 2.56 bits per heavy atom. The zero-order valence-electron chi connectivity index (χ0n) is 22.0. The number of amides is 1. The highest BCUT2D eigenvalue weighted by molar-refractivity contribution is 7.89. The molecule has 1 aromatic heterocycles. The van der Waals surface area contributed by atoms with E-state index >= 15 is 8.78 Å². The summed E-state index contributed by atoms with van der Waals surface area (Å²) in [6, 6.07) is 6.33. The number of hydrogen-bond donors (Lipinski definition) is 2. The number of piperazine rings is 1. The van der Waals surface area contributed by atoms with Crippen LogP contribution in [0.5, 0.6) is 5.75 Å². The van der Waals surface area contributed by atoms with Gasteiger partial charge in [0.05, 0.1) is 17.2 Å².